The van der Waals surface area contributed by atoms with Gasteiger partial charge in [0.1, 0.15) is 0 Å². The molecule has 0 amide bonds. The van der Waals surface area contributed by atoms with E-state index in [1.165, 1.54) is 51.2 Å². The second-order valence-corrected chi connectivity index (χ2v) is 6.50. The highest BCUT2D eigenvalue weighted by atomic mass is 32.2. The van der Waals surface area contributed by atoms with Crippen LogP contribution in [0.25, 0.3) is 0 Å². The molecule has 1 aliphatic carbocycles. The van der Waals surface area contributed by atoms with Gasteiger partial charge < -0.3 is 0 Å². The van der Waals surface area contributed by atoms with Crippen molar-refractivity contribution in [2.75, 3.05) is 12.8 Å². The number of nitrogens with one attached hydrogen (secondary N) is 1. The molecule has 90 valence electrons. The lowest BCUT2D eigenvalue weighted by Crippen LogP contribution is -2.23. The Morgan fingerprint density at radius 3 is 2.27 bits per heavy atom. The highest BCUT2D eigenvalue weighted by molar-refractivity contribution is 7.88. The SMILES string of the molecule is CS(=O)(=O)NCCCC1CCCCCC1. The van der Waals surface area contributed by atoms with Crippen LogP contribution < -0.4 is 4.72 Å². The molecule has 1 rings (SSSR count). The Bertz CT molecular complexity index is 254. The number of rotatable bonds is 5. The van der Waals surface area contributed by atoms with Gasteiger partial charge in [-0.25, -0.2) is 13.1 Å². The second-order valence-electron chi connectivity index (χ2n) is 4.67. The van der Waals surface area contributed by atoms with E-state index >= 15 is 0 Å². The van der Waals surface area contributed by atoms with Crippen molar-refractivity contribution in [2.45, 2.75) is 51.4 Å². The van der Waals surface area contributed by atoms with E-state index in [0.29, 0.717) is 6.54 Å². The van der Waals surface area contributed by atoms with Crippen molar-refractivity contribution in [2.24, 2.45) is 5.92 Å². The Hall–Kier alpha value is -0.0900. The smallest absolute Gasteiger partial charge is 0.208 e. The summed E-state index contributed by atoms with van der Waals surface area (Å²) in [6, 6.07) is 0. The molecule has 1 saturated carbocycles. The summed E-state index contributed by atoms with van der Waals surface area (Å²) in [6.45, 7) is 0.606. The van der Waals surface area contributed by atoms with Crippen LogP contribution in [0.15, 0.2) is 0 Å². The minimum absolute atomic E-state index is 0.606. The van der Waals surface area contributed by atoms with E-state index in [1.54, 1.807) is 0 Å². The minimum atomic E-state index is -2.98. The highest BCUT2D eigenvalue weighted by Crippen LogP contribution is 2.26. The van der Waals surface area contributed by atoms with Crippen molar-refractivity contribution in [1.29, 1.82) is 0 Å². The van der Waals surface area contributed by atoms with Crippen molar-refractivity contribution in [3.05, 3.63) is 0 Å². The fraction of sp³-hybridized carbons (Fsp3) is 1.00. The maximum atomic E-state index is 10.8. The van der Waals surface area contributed by atoms with Crippen LogP contribution in [-0.2, 0) is 10.0 Å². The van der Waals surface area contributed by atoms with Crippen LogP contribution in [-0.4, -0.2) is 21.2 Å². The summed E-state index contributed by atoms with van der Waals surface area (Å²) in [5.74, 6) is 0.842. The van der Waals surface area contributed by atoms with Crippen LogP contribution in [0.3, 0.4) is 0 Å². The quantitative estimate of drug-likeness (QED) is 0.585. The van der Waals surface area contributed by atoms with Crippen LogP contribution in [0.4, 0.5) is 0 Å². The van der Waals surface area contributed by atoms with Crippen molar-refractivity contribution in [1.82, 2.24) is 4.72 Å². The average Bonchev–Trinajstić information content (AvgIpc) is 2.39. The predicted octanol–water partition coefficient (Wildman–Crippen LogP) is 2.29. The standard InChI is InChI=1S/C11H23NO2S/c1-15(13,14)12-10-6-9-11-7-4-2-3-5-8-11/h11-12H,2-10H2,1H3. The van der Waals surface area contributed by atoms with E-state index in [2.05, 4.69) is 4.72 Å². The van der Waals surface area contributed by atoms with Crippen molar-refractivity contribution < 1.29 is 8.42 Å². The van der Waals surface area contributed by atoms with Gasteiger partial charge in [0.15, 0.2) is 0 Å². The van der Waals surface area contributed by atoms with Gasteiger partial charge >= 0.3 is 0 Å². The summed E-state index contributed by atoms with van der Waals surface area (Å²) in [4.78, 5) is 0. The lowest BCUT2D eigenvalue weighted by atomic mass is 9.95. The first-order valence-electron chi connectivity index (χ1n) is 6.02. The topological polar surface area (TPSA) is 46.2 Å². The molecule has 3 nitrogen and oxygen atoms in total. The van der Waals surface area contributed by atoms with Gasteiger partial charge in [0.2, 0.25) is 10.0 Å². The van der Waals surface area contributed by atoms with Crippen LogP contribution in [0, 0.1) is 5.92 Å². The third kappa shape index (κ3) is 6.90. The molecule has 0 saturated heterocycles. The molecule has 1 fully saturated rings. The number of hydrogen-bond acceptors (Lipinski definition) is 2. The van der Waals surface area contributed by atoms with Gasteiger partial charge in [-0.3, -0.25) is 0 Å². The predicted molar refractivity (Wildman–Crippen MR) is 63.3 cm³/mol. The van der Waals surface area contributed by atoms with Gasteiger partial charge in [-0.1, -0.05) is 38.5 Å². The summed E-state index contributed by atoms with van der Waals surface area (Å²) in [6.07, 6.45) is 11.6. The fourth-order valence-electron chi connectivity index (χ4n) is 2.30. The zero-order chi connectivity index (χ0) is 11.1. The summed E-state index contributed by atoms with van der Waals surface area (Å²) in [5, 5.41) is 0. The number of hydrogen-bond donors (Lipinski definition) is 1. The molecule has 0 aromatic carbocycles. The molecule has 0 aliphatic heterocycles. The molecule has 1 aliphatic rings. The molecular weight excluding hydrogens is 210 g/mol. The molecule has 0 radical (unpaired) electrons. The van der Waals surface area contributed by atoms with Gasteiger partial charge in [-0.05, 0) is 18.8 Å². The largest absolute Gasteiger partial charge is 0.215 e. The van der Waals surface area contributed by atoms with Crippen molar-refractivity contribution in [3.63, 3.8) is 0 Å². The van der Waals surface area contributed by atoms with Gasteiger partial charge in [0.05, 0.1) is 6.26 Å². The van der Waals surface area contributed by atoms with Gasteiger partial charge in [0, 0.05) is 6.54 Å². The Kier molecular flexibility index (Phi) is 5.61. The lowest BCUT2D eigenvalue weighted by Gasteiger charge is -2.13. The molecule has 0 atom stereocenters. The Morgan fingerprint density at radius 1 is 1.13 bits per heavy atom. The molecule has 0 unspecified atom stereocenters. The monoisotopic (exact) mass is 233 g/mol. The summed E-state index contributed by atoms with van der Waals surface area (Å²) in [5.41, 5.74) is 0. The normalized spacial score (nSPS) is 20.1. The molecule has 4 heteroatoms. The van der Waals surface area contributed by atoms with E-state index in [-0.39, 0.29) is 0 Å². The Morgan fingerprint density at radius 2 is 1.73 bits per heavy atom. The fourth-order valence-corrected chi connectivity index (χ4v) is 2.82. The average molecular weight is 233 g/mol. The zero-order valence-corrected chi connectivity index (χ0v) is 10.5. The van der Waals surface area contributed by atoms with E-state index in [1.807, 2.05) is 0 Å². The Labute approximate surface area is 93.7 Å². The van der Waals surface area contributed by atoms with E-state index in [9.17, 15) is 8.42 Å². The van der Waals surface area contributed by atoms with Gasteiger partial charge in [-0.2, -0.15) is 0 Å². The third-order valence-electron chi connectivity index (χ3n) is 3.13. The van der Waals surface area contributed by atoms with Crippen LogP contribution >= 0.6 is 0 Å². The van der Waals surface area contributed by atoms with Crippen molar-refractivity contribution >= 4 is 10.0 Å². The Balaban J connectivity index is 2.08. The van der Waals surface area contributed by atoms with E-state index in [4.69, 9.17) is 0 Å². The molecule has 15 heavy (non-hydrogen) atoms. The molecule has 0 aromatic heterocycles. The maximum absolute atomic E-state index is 10.8. The molecular formula is C11H23NO2S. The molecule has 0 bridgehead atoms. The highest BCUT2D eigenvalue weighted by Gasteiger charge is 2.11. The summed E-state index contributed by atoms with van der Waals surface area (Å²) in [7, 11) is -2.98. The third-order valence-corrected chi connectivity index (χ3v) is 3.86. The first kappa shape index (κ1) is 13.0. The molecule has 1 N–H and O–H groups in total. The van der Waals surface area contributed by atoms with Gasteiger partial charge in [0.25, 0.3) is 0 Å². The summed E-state index contributed by atoms with van der Waals surface area (Å²) < 4.78 is 24.2. The zero-order valence-electron chi connectivity index (χ0n) is 9.67. The van der Waals surface area contributed by atoms with Crippen LogP contribution in [0.2, 0.25) is 0 Å². The molecule has 0 heterocycles. The lowest BCUT2D eigenvalue weighted by molar-refractivity contribution is 0.415. The first-order valence-corrected chi connectivity index (χ1v) is 7.92. The van der Waals surface area contributed by atoms with Crippen LogP contribution in [0.5, 0.6) is 0 Å². The molecule has 0 spiro atoms. The van der Waals surface area contributed by atoms with E-state index in [0.717, 1.165) is 12.3 Å². The van der Waals surface area contributed by atoms with Crippen LogP contribution in [0.1, 0.15) is 51.4 Å². The summed E-state index contributed by atoms with van der Waals surface area (Å²) >= 11 is 0. The maximum Gasteiger partial charge on any atom is 0.208 e. The van der Waals surface area contributed by atoms with Crippen molar-refractivity contribution in [3.8, 4) is 0 Å². The van der Waals surface area contributed by atoms with Gasteiger partial charge in [-0.15, -0.1) is 0 Å². The molecule has 0 aromatic rings. The van der Waals surface area contributed by atoms with E-state index < -0.39 is 10.0 Å². The first-order chi connectivity index (χ1) is 7.08. The second kappa shape index (κ2) is 6.48. The minimum Gasteiger partial charge on any atom is -0.215 e. The number of sulfonamides is 1.